The van der Waals surface area contributed by atoms with Crippen LogP contribution in [0.3, 0.4) is 0 Å². The van der Waals surface area contributed by atoms with Crippen LogP contribution in [0.4, 0.5) is 4.79 Å². The van der Waals surface area contributed by atoms with Crippen LogP contribution in [0.25, 0.3) is 0 Å². The van der Waals surface area contributed by atoms with Crippen LogP contribution in [0.1, 0.15) is 11.1 Å². The molecule has 1 aromatic rings. The smallest absolute Gasteiger partial charge is 0.404 e. The SMILES string of the molecule is NCc1cc(Cl)ccc1CCNC(=O)O. The summed E-state index contributed by atoms with van der Waals surface area (Å²) in [6.45, 7) is 0.785. The fourth-order valence-electron chi connectivity index (χ4n) is 1.33. The van der Waals surface area contributed by atoms with Gasteiger partial charge in [-0.2, -0.15) is 0 Å². The van der Waals surface area contributed by atoms with E-state index in [2.05, 4.69) is 5.32 Å². The summed E-state index contributed by atoms with van der Waals surface area (Å²) in [6.07, 6.45) is -0.394. The molecule has 82 valence electrons. The zero-order valence-electron chi connectivity index (χ0n) is 8.16. The molecule has 0 aliphatic carbocycles. The maximum Gasteiger partial charge on any atom is 0.404 e. The average molecular weight is 229 g/mol. The van der Waals surface area contributed by atoms with E-state index in [1.807, 2.05) is 6.07 Å². The second-order valence-corrected chi connectivity index (χ2v) is 3.54. The third-order valence-electron chi connectivity index (χ3n) is 2.06. The van der Waals surface area contributed by atoms with Crippen molar-refractivity contribution in [1.29, 1.82) is 0 Å². The lowest BCUT2D eigenvalue weighted by atomic mass is 10.0. The van der Waals surface area contributed by atoms with Crippen LogP contribution < -0.4 is 11.1 Å². The van der Waals surface area contributed by atoms with Crippen molar-refractivity contribution in [2.24, 2.45) is 5.73 Å². The van der Waals surface area contributed by atoms with E-state index in [0.717, 1.165) is 11.1 Å². The number of amides is 1. The highest BCUT2D eigenvalue weighted by Gasteiger charge is 2.02. The van der Waals surface area contributed by atoms with Crippen molar-refractivity contribution in [1.82, 2.24) is 5.32 Å². The van der Waals surface area contributed by atoms with Gasteiger partial charge in [-0.1, -0.05) is 17.7 Å². The lowest BCUT2D eigenvalue weighted by Crippen LogP contribution is -2.23. The molecule has 0 heterocycles. The van der Waals surface area contributed by atoms with Crippen molar-refractivity contribution in [3.05, 3.63) is 34.3 Å². The van der Waals surface area contributed by atoms with E-state index in [4.69, 9.17) is 22.4 Å². The summed E-state index contributed by atoms with van der Waals surface area (Å²) in [5, 5.41) is 11.4. The first-order valence-electron chi connectivity index (χ1n) is 4.57. The van der Waals surface area contributed by atoms with Gasteiger partial charge in [0.1, 0.15) is 0 Å². The van der Waals surface area contributed by atoms with Crippen LogP contribution in [0, 0.1) is 0 Å². The molecule has 1 aromatic carbocycles. The molecule has 0 bridgehead atoms. The second kappa shape index (κ2) is 5.58. The summed E-state index contributed by atoms with van der Waals surface area (Å²) in [7, 11) is 0. The molecule has 0 unspecified atom stereocenters. The molecule has 0 spiro atoms. The van der Waals surface area contributed by atoms with E-state index in [-0.39, 0.29) is 0 Å². The number of nitrogens with two attached hydrogens (primary N) is 1. The number of rotatable bonds is 4. The molecule has 4 N–H and O–H groups in total. The molecule has 0 radical (unpaired) electrons. The van der Waals surface area contributed by atoms with Crippen molar-refractivity contribution in [2.75, 3.05) is 6.54 Å². The Balaban J connectivity index is 2.63. The van der Waals surface area contributed by atoms with Crippen molar-refractivity contribution >= 4 is 17.7 Å². The number of halogens is 1. The minimum Gasteiger partial charge on any atom is -0.465 e. The number of hydrogen-bond donors (Lipinski definition) is 3. The third kappa shape index (κ3) is 3.77. The maximum atomic E-state index is 10.2. The number of hydrogen-bond acceptors (Lipinski definition) is 2. The average Bonchev–Trinajstić information content (AvgIpc) is 2.19. The summed E-state index contributed by atoms with van der Waals surface area (Å²) in [6, 6.07) is 5.45. The Hall–Kier alpha value is -1.26. The fraction of sp³-hybridized carbons (Fsp3) is 0.300. The zero-order valence-corrected chi connectivity index (χ0v) is 8.92. The fourth-order valence-corrected chi connectivity index (χ4v) is 1.53. The van der Waals surface area contributed by atoms with Crippen molar-refractivity contribution in [2.45, 2.75) is 13.0 Å². The normalized spacial score (nSPS) is 10.0. The Bertz CT molecular complexity index is 355. The molecule has 4 nitrogen and oxygen atoms in total. The summed E-state index contributed by atoms with van der Waals surface area (Å²) < 4.78 is 0. The summed E-state index contributed by atoms with van der Waals surface area (Å²) >= 11 is 5.81. The molecule has 1 rings (SSSR count). The van der Waals surface area contributed by atoms with Gasteiger partial charge in [0.05, 0.1) is 0 Å². The van der Waals surface area contributed by atoms with Gasteiger partial charge in [-0.15, -0.1) is 0 Å². The predicted molar refractivity (Wildman–Crippen MR) is 59.1 cm³/mol. The number of carbonyl (C=O) groups is 1. The molecule has 0 aliphatic rings. The molecule has 0 aliphatic heterocycles. The maximum absolute atomic E-state index is 10.2. The van der Waals surface area contributed by atoms with Crippen LogP contribution in [-0.4, -0.2) is 17.7 Å². The number of carboxylic acid groups (broad SMARTS) is 1. The molecule has 1 amide bonds. The van der Waals surface area contributed by atoms with Crippen molar-refractivity contribution < 1.29 is 9.90 Å². The van der Waals surface area contributed by atoms with E-state index in [0.29, 0.717) is 24.5 Å². The van der Waals surface area contributed by atoms with Crippen LogP contribution in [0.2, 0.25) is 5.02 Å². The Morgan fingerprint density at radius 2 is 2.20 bits per heavy atom. The predicted octanol–water partition coefficient (Wildman–Crippen LogP) is 1.61. The summed E-state index contributed by atoms with van der Waals surface area (Å²) in [5.74, 6) is 0. The van der Waals surface area contributed by atoms with Crippen LogP contribution in [-0.2, 0) is 13.0 Å². The molecule has 0 aromatic heterocycles. The van der Waals surface area contributed by atoms with Gasteiger partial charge in [-0.05, 0) is 29.7 Å². The Morgan fingerprint density at radius 1 is 1.47 bits per heavy atom. The number of nitrogens with one attached hydrogen (secondary N) is 1. The molecule has 5 heteroatoms. The van der Waals surface area contributed by atoms with E-state index >= 15 is 0 Å². The number of benzene rings is 1. The van der Waals surface area contributed by atoms with Crippen LogP contribution in [0.5, 0.6) is 0 Å². The van der Waals surface area contributed by atoms with Gasteiger partial charge in [-0.25, -0.2) is 4.79 Å². The first-order valence-corrected chi connectivity index (χ1v) is 4.95. The molecular weight excluding hydrogens is 216 g/mol. The molecule has 0 saturated carbocycles. The third-order valence-corrected chi connectivity index (χ3v) is 2.29. The van der Waals surface area contributed by atoms with Gasteiger partial charge in [0, 0.05) is 18.1 Å². The zero-order chi connectivity index (χ0) is 11.3. The van der Waals surface area contributed by atoms with Crippen molar-refractivity contribution in [3.8, 4) is 0 Å². The highest BCUT2D eigenvalue weighted by Crippen LogP contribution is 2.15. The Morgan fingerprint density at radius 3 is 2.80 bits per heavy atom. The molecule has 0 saturated heterocycles. The van der Waals surface area contributed by atoms with Gasteiger partial charge < -0.3 is 16.2 Å². The minimum absolute atomic E-state index is 0.379. The first-order chi connectivity index (χ1) is 7.13. The van der Waals surface area contributed by atoms with Gasteiger partial charge in [0.25, 0.3) is 0 Å². The standard InChI is InChI=1S/C10H13ClN2O2/c11-9-2-1-7(8(5-9)6-12)3-4-13-10(14)15/h1-2,5,13H,3-4,6,12H2,(H,14,15). The largest absolute Gasteiger partial charge is 0.465 e. The van der Waals surface area contributed by atoms with E-state index in [1.165, 1.54) is 0 Å². The van der Waals surface area contributed by atoms with Crippen molar-refractivity contribution in [3.63, 3.8) is 0 Å². The monoisotopic (exact) mass is 228 g/mol. The molecule has 0 atom stereocenters. The van der Waals surface area contributed by atoms with Gasteiger partial charge >= 0.3 is 6.09 Å². The second-order valence-electron chi connectivity index (χ2n) is 3.10. The minimum atomic E-state index is -1.02. The highest BCUT2D eigenvalue weighted by molar-refractivity contribution is 6.30. The van der Waals surface area contributed by atoms with Crippen LogP contribution >= 0.6 is 11.6 Å². The van der Waals surface area contributed by atoms with Gasteiger partial charge in [0.2, 0.25) is 0 Å². The molecule has 0 fully saturated rings. The van der Waals surface area contributed by atoms with Crippen LogP contribution in [0.15, 0.2) is 18.2 Å². The quantitative estimate of drug-likeness (QED) is 0.733. The van der Waals surface area contributed by atoms with E-state index < -0.39 is 6.09 Å². The lowest BCUT2D eigenvalue weighted by Gasteiger charge is -2.08. The topological polar surface area (TPSA) is 75.3 Å². The lowest BCUT2D eigenvalue weighted by molar-refractivity contribution is 0.194. The van der Waals surface area contributed by atoms with E-state index in [9.17, 15) is 4.79 Å². The van der Waals surface area contributed by atoms with Gasteiger partial charge in [-0.3, -0.25) is 0 Å². The summed E-state index contributed by atoms with van der Waals surface area (Å²) in [4.78, 5) is 10.2. The molecular formula is C10H13ClN2O2. The highest BCUT2D eigenvalue weighted by atomic mass is 35.5. The first kappa shape index (κ1) is 11.8. The Kier molecular flexibility index (Phi) is 4.39. The molecule has 15 heavy (non-hydrogen) atoms. The van der Waals surface area contributed by atoms with Gasteiger partial charge in [0.15, 0.2) is 0 Å². The van der Waals surface area contributed by atoms with E-state index in [1.54, 1.807) is 12.1 Å². The Labute approximate surface area is 93.0 Å². The summed E-state index contributed by atoms with van der Waals surface area (Å²) in [5.41, 5.74) is 7.53.